The summed E-state index contributed by atoms with van der Waals surface area (Å²) in [4.78, 5) is 4.69. The van der Waals surface area contributed by atoms with E-state index in [9.17, 15) is 0 Å². The first-order valence-electron chi connectivity index (χ1n) is 6.28. The number of nitrogen functional groups attached to an aromatic ring is 1. The molecule has 3 rings (SSSR count). The minimum absolute atomic E-state index is 0.547. The second-order valence-corrected chi connectivity index (χ2v) is 8.51. The number of thiazole rings is 1. The van der Waals surface area contributed by atoms with Gasteiger partial charge in [-0.3, -0.25) is 0 Å². The van der Waals surface area contributed by atoms with Crippen molar-refractivity contribution in [2.75, 3.05) is 5.73 Å². The van der Waals surface area contributed by atoms with Crippen LogP contribution < -0.4 is 11.5 Å². The smallest absolute Gasteiger partial charge is 0.181 e. The van der Waals surface area contributed by atoms with Crippen LogP contribution in [0.25, 0.3) is 10.2 Å². The lowest BCUT2D eigenvalue weighted by Gasteiger charge is -1.97. The van der Waals surface area contributed by atoms with E-state index in [1.165, 1.54) is 24.0 Å². The number of benzene rings is 2. The van der Waals surface area contributed by atoms with E-state index in [1.54, 1.807) is 0 Å². The second-order valence-electron chi connectivity index (χ2n) is 4.43. The van der Waals surface area contributed by atoms with Gasteiger partial charge >= 0.3 is 0 Å². The summed E-state index contributed by atoms with van der Waals surface area (Å²) in [7, 11) is 0. The van der Waals surface area contributed by atoms with Gasteiger partial charge in [0.1, 0.15) is 0 Å². The molecule has 3 aromatic rings. The van der Waals surface area contributed by atoms with Gasteiger partial charge in [-0.05, 0) is 81.1 Å². The molecule has 1 heterocycles. The molecule has 0 aliphatic heterocycles. The van der Waals surface area contributed by atoms with E-state index in [-0.39, 0.29) is 0 Å². The molecule has 0 unspecified atom stereocenters. The fraction of sp³-hybridized carbons (Fsp3) is 0.0667. The average molecular weight is 553 g/mol. The molecule has 7 heteroatoms. The molecular formula is C15H13I2N3S2. The van der Waals surface area contributed by atoms with Gasteiger partial charge < -0.3 is 11.5 Å². The van der Waals surface area contributed by atoms with Gasteiger partial charge in [0.05, 0.1) is 15.2 Å². The molecule has 114 valence electrons. The lowest BCUT2D eigenvalue weighted by molar-refractivity contribution is 1.32. The van der Waals surface area contributed by atoms with Crippen LogP contribution in [0.1, 0.15) is 5.56 Å². The van der Waals surface area contributed by atoms with Crippen LogP contribution in [0.2, 0.25) is 0 Å². The van der Waals surface area contributed by atoms with Gasteiger partial charge in [0, 0.05) is 13.6 Å². The minimum Gasteiger partial charge on any atom is -0.393 e. The van der Waals surface area contributed by atoms with Gasteiger partial charge in [0.2, 0.25) is 0 Å². The Labute approximate surface area is 165 Å². The van der Waals surface area contributed by atoms with Gasteiger partial charge in [-0.2, -0.15) is 0 Å². The van der Waals surface area contributed by atoms with Crippen LogP contribution in [0.5, 0.6) is 0 Å². The van der Waals surface area contributed by atoms with E-state index in [0.29, 0.717) is 16.5 Å². The van der Waals surface area contributed by atoms with Crippen molar-refractivity contribution in [1.82, 2.24) is 4.98 Å². The molecule has 0 radical (unpaired) electrons. The van der Waals surface area contributed by atoms with Gasteiger partial charge in [0.15, 0.2) is 5.13 Å². The van der Waals surface area contributed by atoms with Gasteiger partial charge in [-0.15, -0.1) is 0 Å². The van der Waals surface area contributed by atoms with E-state index >= 15 is 0 Å². The summed E-state index contributed by atoms with van der Waals surface area (Å²) in [5.74, 6) is 0. The van der Waals surface area contributed by atoms with Crippen molar-refractivity contribution < 1.29 is 0 Å². The maximum absolute atomic E-state index is 5.55. The Bertz CT molecular complexity index is 785. The number of thiocarbonyl (C=S) groups is 1. The summed E-state index contributed by atoms with van der Waals surface area (Å²) in [5.41, 5.74) is 13.1. The Morgan fingerprint density at radius 3 is 2.36 bits per heavy atom. The summed E-state index contributed by atoms with van der Waals surface area (Å²) in [6.45, 7) is 0. The van der Waals surface area contributed by atoms with Crippen LogP contribution in [0.15, 0.2) is 42.5 Å². The third kappa shape index (κ3) is 5.60. The molecule has 22 heavy (non-hydrogen) atoms. The van der Waals surface area contributed by atoms with Gasteiger partial charge in [-0.1, -0.05) is 35.7 Å². The molecule has 0 aliphatic carbocycles. The number of nitrogens with two attached hydrogens (primary N) is 2. The van der Waals surface area contributed by atoms with Crippen molar-refractivity contribution in [2.24, 2.45) is 5.73 Å². The lowest BCUT2D eigenvalue weighted by atomic mass is 10.2. The number of rotatable bonds is 2. The zero-order chi connectivity index (χ0) is 16.1. The highest BCUT2D eigenvalue weighted by Gasteiger charge is 1.99. The summed E-state index contributed by atoms with van der Waals surface area (Å²) in [6.07, 6.45) is 0.701. The normalized spacial score (nSPS) is 10.1. The third-order valence-corrected chi connectivity index (χ3v) is 5.04. The van der Waals surface area contributed by atoms with E-state index < -0.39 is 0 Å². The Morgan fingerprint density at radius 2 is 1.73 bits per heavy atom. The Morgan fingerprint density at radius 1 is 1.09 bits per heavy atom. The minimum atomic E-state index is 0.547. The lowest BCUT2D eigenvalue weighted by Crippen LogP contribution is -2.10. The number of anilines is 1. The number of fused-ring (bicyclic) bond motifs is 1. The SMILES string of the molecule is NC(=S)Cc1ccc(I)cc1.Nc1nc2ccc(I)cc2s1. The van der Waals surface area contributed by atoms with Crippen molar-refractivity contribution in [3.63, 3.8) is 0 Å². The molecule has 0 bridgehead atoms. The van der Waals surface area contributed by atoms with E-state index in [0.717, 1.165) is 10.2 Å². The van der Waals surface area contributed by atoms with Crippen LogP contribution in [0.3, 0.4) is 0 Å². The fourth-order valence-corrected chi connectivity index (χ4v) is 3.72. The van der Waals surface area contributed by atoms with Gasteiger partial charge in [0.25, 0.3) is 0 Å². The topological polar surface area (TPSA) is 64.9 Å². The number of aromatic nitrogens is 1. The van der Waals surface area contributed by atoms with Crippen LogP contribution in [-0.2, 0) is 6.42 Å². The third-order valence-electron chi connectivity index (χ3n) is 2.66. The zero-order valence-electron chi connectivity index (χ0n) is 11.4. The summed E-state index contributed by atoms with van der Waals surface area (Å²) in [5, 5.41) is 0.641. The van der Waals surface area contributed by atoms with Gasteiger partial charge in [-0.25, -0.2) is 4.98 Å². The molecule has 1 aromatic heterocycles. The van der Waals surface area contributed by atoms with Crippen molar-refractivity contribution >= 4 is 89.1 Å². The van der Waals surface area contributed by atoms with Crippen LogP contribution in [0.4, 0.5) is 5.13 Å². The standard InChI is InChI=1S/C8H8INS.C7H5IN2S/c9-7-3-1-6(2-4-7)5-8(10)11;8-4-1-2-5-6(3-4)11-7(9)10-5/h1-4H,5H2,(H2,10,11);1-3H,(H2,9,10). The first-order valence-corrected chi connectivity index (χ1v) is 9.66. The molecule has 0 amide bonds. The van der Waals surface area contributed by atoms with E-state index in [2.05, 4.69) is 56.2 Å². The highest BCUT2D eigenvalue weighted by molar-refractivity contribution is 14.1. The van der Waals surface area contributed by atoms with E-state index in [1.807, 2.05) is 36.4 Å². The summed E-state index contributed by atoms with van der Waals surface area (Å²) < 4.78 is 3.61. The Hall–Kier alpha value is -0.520. The van der Waals surface area contributed by atoms with Crippen molar-refractivity contribution in [2.45, 2.75) is 6.42 Å². The highest BCUT2D eigenvalue weighted by atomic mass is 127. The summed E-state index contributed by atoms with van der Waals surface area (Å²) in [6, 6.07) is 14.3. The molecule has 0 atom stereocenters. The molecule has 0 saturated heterocycles. The number of hydrogen-bond donors (Lipinski definition) is 2. The number of halogens is 2. The maximum Gasteiger partial charge on any atom is 0.181 e. The van der Waals surface area contributed by atoms with Crippen LogP contribution in [-0.4, -0.2) is 9.97 Å². The molecule has 0 fully saturated rings. The quantitative estimate of drug-likeness (QED) is 0.360. The van der Waals surface area contributed by atoms with Crippen LogP contribution in [0, 0.1) is 7.14 Å². The number of nitrogens with zero attached hydrogens (tertiary/aromatic N) is 1. The van der Waals surface area contributed by atoms with Crippen molar-refractivity contribution in [3.05, 3.63) is 55.2 Å². The Balaban J connectivity index is 0.000000160. The average Bonchev–Trinajstić information content (AvgIpc) is 2.81. The van der Waals surface area contributed by atoms with Crippen molar-refractivity contribution in [1.29, 1.82) is 0 Å². The second kappa shape index (κ2) is 8.37. The monoisotopic (exact) mass is 553 g/mol. The maximum atomic E-state index is 5.55. The predicted octanol–water partition coefficient (Wildman–Crippen LogP) is 4.60. The van der Waals surface area contributed by atoms with Crippen molar-refractivity contribution in [3.8, 4) is 0 Å². The molecule has 2 aromatic carbocycles. The highest BCUT2D eigenvalue weighted by Crippen LogP contribution is 2.24. The molecule has 3 nitrogen and oxygen atoms in total. The molecule has 0 saturated carbocycles. The fourth-order valence-electron chi connectivity index (χ4n) is 1.72. The van der Waals surface area contributed by atoms with E-state index in [4.69, 9.17) is 23.7 Å². The van der Waals surface area contributed by atoms with Crippen LogP contribution >= 0.6 is 68.7 Å². The molecular weight excluding hydrogens is 540 g/mol. The number of hydrogen-bond acceptors (Lipinski definition) is 4. The molecule has 0 aliphatic rings. The first kappa shape index (κ1) is 17.8. The predicted molar refractivity (Wildman–Crippen MR) is 116 cm³/mol. The molecule has 0 spiro atoms. The first-order chi connectivity index (χ1) is 10.4. The zero-order valence-corrected chi connectivity index (χ0v) is 17.4. The molecule has 4 N–H and O–H groups in total. The summed E-state index contributed by atoms with van der Waals surface area (Å²) >= 11 is 10.9. The Kier molecular flexibility index (Phi) is 6.78. The largest absolute Gasteiger partial charge is 0.393 e.